The van der Waals surface area contributed by atoms with Crippen molar-refractivity contribution >= 4 is 50.7 Å². The highest BCUT2D eigenvalue weighted by atomic mass is 79.9. The standard InChI is InChI=1S/C20H20BrN3O3/c1-2-18(25)22-14-6-5-7-15(11-14)23-20(27)13-10-19(26)24(12-13)17-9-4-3-8-16(17)21/h3-9,11,13H,2,10,12H2,1H3,(H,22,25)(H,23,27). The lowest BCUT2D eigenvalue weighted by molar-refractivity contribution is -0.122. The highest BCUT2D eigenvalue weighted by Crippen LogP contribution is 2.31. The van der Waals surface area contributed by atoms with Gasteiger partial charge in [0.05, 0.1) is 11.6 Å². The maximum Gasteiger partial charge on any atom is 0.229 e. The van der Waals surface area contributed by atoms with E-state index in [1.807, 2.05) is 24.3 Å². The first-order valence-electron chi connectivity index (χ1n) is 8.73. The van der Waals surface area contributed by atoms with Crippen LogP contribution in [-0.4, -0.2) is 24.3 Å². The second-order valence-corrected chi connectivity index (χ2v) is 7.18. The van der Waals surface area contributed by atoms with Crippen molar-refractivity contribution in [2.45, 2.75) is 19.8 Å². The van der Waals surface area contributed by atoms with Crippen LogP contribution in [0.5, 0.6) is 0 Å². The first-order chi connectivity index (χ1) is 13.0. The summed E-state index contributed by atoms with van der Waals surface area (Å²) >= 11 is 3.45. The van der Waals surface area contributed by atoms with Gasteiger partial charge in [-0.3, -0.25) is 14.4 Å². The zero-order valence-corrected chi connectivity index (χ0v) is 16.5. The van der Waals surface area contributed by atoms with Gasteiger partial charge in [0.2, 0.25) is 17.7 Å². The van der Waals surface area contributed by atoms with Crippen LogP contribution >= 0.6 is 15.9 Å². The van der Waals surface area contributed by atoms with Crippen molar-refractivity contribution in [3.8, 4) is 0 Å². The number of nitrogens with zero attached hydrogens (tertiary/aromatic N) is 1. The monoisotopic (exact) mass is 429 g/mol. The highest BCUT2D eigenvalue weighted by molar-refractivity contribution is 9.10. The number of nitrogens with one attached hydrogen (secondary N) is 2. The molecule has 0 saturated carbocycles. The van der Waals surface area contributed by atoms with Gasteiger partial charge in [0.15, 0.2) is 0 Å². The average Bonchev–Trinajstić information content (AvgIpc) is 3.04. The first-order valence-corrected chi connectivity index (χ1v) is 9.53. The summed E-state index contributed by atoms with van der Waals surface area (Å²) in [4.78, 5) is 38.1. The molecule has 0 radical (unpaired) electrons. The summed E-state index contributed by atoms with van der Waals surface area (Å²) < 4.78 is 0.818. The minimum Gasteiger partial charge on any atom is -0.326 e. The van der Waals surface area contributed by atoms with Crippen LogP contribution in [0.4, 0.5) is 17.1 Å². The Balaban J connectivity index is 1.67. The number of carbonyl (C=O) groups excluding carboxylic acids is 3. The van der Waals surface area contributed by atoms with E-state index in [2.05, 4.69) is 26.6 Å². The van der Waals surface area contributed by atoms with E-state index in [0.717, 1.165) is 10.2 Å². The van der Waals surface area contributed by atoms with Crippen molar-refractivity contribution in [3.63, 3.8) is 0 Å². The molecule has 2 aromatic carbocycles. The van der Waals surface area contributed by atoms with Gasteiger partial charge in [-0.25, -0.2) is 0 Å². The van der Waals surface area contributed by atoms with Crippen molar-refractivity contribution in [2.24, 2.45) is 5.92 Å². The van der Waals surface area contributed by atoms with E-state index in [4.69, 9.17) is 0 Å². The van der Waals surface area contributed by atoms with Crippen molar-refractivity contribution < 1.29 is 14.4 Å². The average molecular weight is 430 g/mol. The van der Waals surface area contributed by atoms with E-state index < -0.39 is 5.92 Å². The second-order valence-electron chi connectivity index (χ2n) is 6.33. The van der Waals surface area contributed by atoms with Crippen LogP contribution in [0.15, 0.2) is 53.0 Å². The molecule has 1 aliphatic heterocycles. The Morgan fingerprint density at radius 1 is 1.11 bits per heavy atom. The van der Waals surface area contributed by atoms with Crippen LogP contribution in [0.3, 0.4) is 0 Å². The molecule has 1 heterocycles. The number of hydrogen-bond acceptors (Lipinski definition) is 3. The summed E-state index contributed by atoms with van der Waals surface area (Å²) in [6.45, 7) is 2.11. The van der Waals surface area contributed by atoms with Crippen LogP contribution in [0.2, 0.25) is 0 Å². The Morgan fingerprint density at radius 2 is 1.81 bits per heavy atom. The highest BCUT2D eigenvalue weighted by Gasteiger charge is 2.35. The molecule has 1 aliphatic rings. The number of anilines is 3. The van der Waals surface area contributed by atoms with Crippen LogP contribution < -0.4 is 15.5 Å². The quantitative estimate of drug-likeness (QED) is 0.758. The van der Waals surface area contributed by atoms with E-state index >= 15 is 0 Å². The number of hydrogen-bond donors (Lipinski definition) is 2. The molecule has 0 aliphatic carbocycles. The Morgan fingerprint density at radius 3 is 2.52 bits per heavy atom. The van der Waals surface area contributed by atoms with Crippen LogP contribution in [-0.2, 0) is 14.4 Å². The number of halogens is 1. The normalized spacial score (nSPS) is 16.3. The molecule has 2 aromatic rings. The number of para-hydroxylation sites is 1. The van der Waals surface area contributed by atoms with Crippen LogP contribution in [0, 0.1) is 5.92 Å². The van der Waals surface area contributed by atoms with E-state index in [-0.39, 0.29) is 24.1 Å². The molecular weight excluding hydrogens is 410 g/mol. The molecule has 2 N–H and O–H groups in total. The van der Waals surface area contributed by atoms with Gasteiger partial charge in [0.1, 0.15) is 0 Å². The van der Waals surface area contributed by atoms with Gasteiger partial charge in [-0.05, 0) is 46.3 Å². The Kier molecular flexibility index (Phi) is 5.91. The predicted molar refractivity (Wildman–Crippen MR) is 109 cm³/mol. The summed E-state index contributed by atoms with van der Waals surface area (Å²) in [5, 5.41) is 5.60. The van der Waals surface area contributed by atoms with E-state index in [1.54, 1.807) is 36.1 Å². The van der Waals surface area contributed by atoms with Gasteiger partial charge >= 0.3 is 0 Å². The molecule has 7 heteroatoms. The van der Waals surface area contributed by atoms with Crippen LogP contribution in [0.1, 0.15) is 19.8 Å². The molecule has 0 aromatic heterocycles. The molecule has 0 bridgehead atoms. The largest absolute Gasteiger partial charge is 0.326 e. The van der Waals surface area contributed by atoms with Gasteiger partial charge in [0, 0.05) is 35.2 Å². The van der Waals surface area contributed by atoms with Crippen molar-refractivity contribution in [2.75, 3.05) is 22.1 Å². The predicted octanol–water partition coefficient (Wildman–Crippen LogP) is 3.79. The fourth-order valence-corrected chi connectivity index (χ4v) is 3.45. The number of rotatable bonds is 5. The van der Waals surface area contributed by atoms with Gasteiger partial charge in [-0.1, -0.05) is 25.1 Å². The molecule has 6 nitrogen and oxygen atoms in total. The lowest BCUT2D eigenvalue weighted by Gasteiger charge is -2.18. The maximum absolute atomic E-state index is 12.6. The number of amides is 3. The topological polar surface area (TPSA) is 78.5 Å². The zero-order valence-electron chi connectivity index (χ0n) is 14.9. The van der Waals surface area contributed by atoms with Gasteiger partial charge in [-0.2, -0.15) is 0 Å². The molecule has 3 amide bonds. The fourth-order valence-electron chi connectivity index (χ4n) is 2.96. The van der Waals surface area contributed by atoms with E-state index in [1.165, 1.54) is 0 Å². The molecule has 1 fully saturated rings. The maximum atomic E-state index is 12.6. The molecule has 27 heavy (non-hydrogen) atoms. The molecule has 1 saturated heterocycles. The Labute approximate surface area is 166 Å². The number of carbonyl (C=O) groups is 3. The van der Waals surface area contributed by atoms with Crippen molar-refractivity contribution in [3.05, 3.63) is 53.0 Å². The van der Waals surface area contributed by atoms with E-state index in [9.17, 15) is 14.4 Å². The van der Waals surface area contributed by atoms with Crippen LogP contribution in [0.25, 0.3) is 0 Å². The molecule has 140 valence electrons. The molecular formula is C20H20BrN3O3. The molecule has 0 spiro atoms. The Bertz CT molecular complexity index is 884. The minimum atomic E-state index is -0.432. The SMILES string of the molecule is CCC(=O)Nc1cccc(NC(=O)C2CC(=O)N(c3ccccc3Br)C2)c1. The molecule has 1 unspecified atom stereocenters. The van der Waals surface area contributed by atoms with E-state index in [0.29, 0.717) is 24.3 Å². The summed E-state index contributed by atoms with van der Waals surface area (Å²) in [5.74, 6) is -0.815. The summed E-state index contributed by atoms with van der Waals surface area (Å²) in [7, 11) is 0. The van der Waals surface area contributed by atoms with Gasteiger partial charge in [-0.15, -0.1) is 0 Å². The van der Waals surface area contributed by atoms with Crippen molar-refractivity contribution in [1.82, 2.24) is 0 Å². The lowest BCUT2D eigenvalue weighted by Crippen LogP contribution is -2.28. The summed E-state index contributed by atoms with van der Waals surface area (Å²) in [6, 6.07) is 14.4. The molecule has 1 atom stereocenters. The summed E-state index contributed by atoms with van der Waals surface area (Å²) in [5.41, 5.74) is 1.97. The minimum absolute atomic E-state index is 0.0778. The Hall–Kier alpha value is -2.67. The third kappa shape index (κ3) is 4.54. The van der Waals surface area contributed by atoms with Crippen molar-refractivity contribution in [1.29, 1.82) is 0 Å². The summed E-state index contributed by atoms with van der Waals surface area (Å²) in [6.07, 6.45) is 0.547. The van der Waals surface area contributed by atoms with Gasteiger partial charge < -0.3 is 15.5 Å². The molecule has 3 rings (SSSR count). The third-order valence-corrected chi connectivity index (χ3v) is 5.04. The third-order valence-electron chi connectivity index (χ3n) is 4.37. The zero-order chi connectivity index (χ0) is 19.4. The smallest absolute Gasteiger partial charge is 0.229 e. The first kappa shape index (κ1) is 19.1. The lowest BCUT2D eigenvalue weighted by atomic mass is 10.1. The second kappa shape index (κ2) is 8.35. The van der Waals surface area contributed by atoms with Gasteiger partial charge in [0.25, 0.3) is 0 Å². The fraction of sp³-hybridized carbons (Fsp3) is 0.250. The number of benzene rings is 2.